The van der Waals surface area contributed by atoms with Gasteiger partial charge in [0.2, 0.25) is 0 Å². The van der Waals surface area contributed by atoms with Crippen molar-refractivity contribution in [2.24, 2.45) is 4.99 Å². The van der Waals surface area contributed by atoms with Crippen LogP contribution in [0, 0.1) is 0 Å². The molecule has 2 nitrogen and oxygen atoms in total. The minimum Gasteiger partial charge on any atom is -0.357 e. The molecular weight excluding hydrogens is 160 g/mol. The molecule has 1 fully saturated rings. The molecule has 13 heavy (non-hydrogen) atoms. The van der Waals surface area contributed by atoms with E-state index in [1.54, 1.807) is 0 Å². The molecule has 0 bridgehead atoms. The Morgan fingerprint density at radius 2 is 2.00 bits per heavy atom. The Kier molecular flexibility index (Phi) is 4.30. The molecular formula is C11H18N2. The van der Waals surface area contributed by atoms with Crippen LogP contribution in [-0.4, -0.2) is 24.7 Å². The largest absolute Gasteiger partial charge is 0.357 e. The molecule has 0 saturated carbocycles. The summed E-state index contributed by atoms with van der Waals surface area (Å²) in [6.45, 7) is 7.86. The molecule has 0 aromatic rings. The molecule has 1 rings (SSSR count). The molecule has 1 aliphatic heterocycles. The molecule has 0 atom stereocenters. The van der Waals surface area contributed by atoms with Gasteiger partial charge < -0.3 is 4.90 Å². The summed E-state index contributed by atoms with van der Waals surface area (Å²) in [7, 11) is 0. The Morgan fingerprint density at radius 1 is 1.31 bits per heavy atom. The number of hydrogen-bond acceptors (Lipinski definition) is 2. The number of hydrogen-bond donors (Lipinski definition) is 0. The lowest BCUT2D eigenvalue weighted by Crippen LogP contribution is -2.28. The molecule has 2 heteroatoms. The van der Waals surface area contributed by atoms with E-state index in [2.05, 4.69) is 16.6 Å². The zero-order valence-corrected chi connectivity index (χ0v) is 8.37. The Bertz CT molecular complexity index is 210. The summed E-state index contributed by atoms with van der Waals surface area (Å²) >= 11 is 0. The summed E-state index contributed by atoms with van der Waals surface area (Å²) in [6.07, 6.45) is 9.96. The molecule has 0 N–H and O–H groups in total. The van der Waals surface area contributed by atoms with E-state index in [9.17, 15) is 0 Å². The lowest BCUT2D eigenvalue weighted by molar-refractivity contribution is 0.283. The van der Waals surface area contributed by atoms with Gasteiger partial charge in [0.15, 0.2) is 0 Å². The van der Waals surface area contributed by atoms with Crippen molar-refractivity contribution in [1.82, 2.24) is 4.90 Å². The Labute approximate surface area is 80.7 Å². The van der Waals surface area contributed by atoms with Gasteiger partial charge in [-0.2, -0.15) is 0 Å². The van der Waals surface area contributed by atoms with E-state index in [-0.39, 0.29) is 0 Å². The van der Waals surface area contributed by atoms with Gasteiger partial charge in [0.05, 0.1) is 0 Å². The maximum Gasteiger partial charge on any atom is 0.127 e. The van der Waals surface area contributed by atoms with Gasteiger partial charge in [-0.25, -0.2) is 4.99 Å². The van der Waals surface area contributed by atoms with Crippen molar-refractivity contribution >= 4 is 6.72 Å². The summed E-state index contributed by atoms with van der Waals surface area (Å²) in [4.78, 5) is 6.34. The van der Waals surface area contributed by atoms with Gasteiger partial charge in [0.1, 0.15) is 5.82 Å². The van der Waals surface area contributed by atoms with Crippen molar-refractivity contribution < 1.29 is 0 Å². The monoisotopic (exact) mass is 178 g/mol. The number of allylic oxidation sites excluding steroid dienone is 3. The number of nitrogens with zero attached hydrogens (tertiary/aromatic N) is 2. The molecule has 72 valence electrons. The first-order valence-electron chi connectivity index (χ1n) is 4.93. The second-order valence-corrected chi connectivity index (χ2v) is 3.26. The normalized spacial score (nSPS) is 19.5. The van der Waals surface area contributed by atoms with Gasteiger partial charge in [-0.1, -0.05) is 12.2 Å². The SMILES string of the molecule is C=N/C(=C\C=C/C)N1CCCCC1. The van der Waals surface area contributed by atoms with Crippen LogP contribution in [0.15, 0.2) is 29.0 Å². The third kappa shape index (κ3) is 3.05. The third-order valence-corrected chi connectivity index (χ3v) is 2.28. The van der Waals surface area contributed by atoms with Crippen molar-refractivity contribution in [3.05, 3.63) is 24.0 Å². The fourth-order valence-corrected chi connectivity index (χ4v) is 1.56. The van der Waals surface area contributed by atoms with E-state index < -0.39 is 0 Å². The van der Waals surface area contributed by atoms with Crippen LogP contribution in [0.2, 0.25) is 0 Å². The summed E-state index contributed by atoms with van der Waals surface area (Å²) in [5, 5.41) is 0. The maximum atomic E-state index is 4.04. The van der Waals surface area contributed by atoms with Crippen LogP contribution in [0.4, 0.5) is 0 Å². The second-order valence-electron chi connectivity index (χ2n) is 3.26. The predicted molar refractivity (Wildman–Crippen MR) is 57.9 cm³/mol. The minimum atomic E-state index is 1.01. The molecule has 0 aliphatic carbocycles. The number of aliphatic imine (C=N–C) groups is 1. The Morgan fingerprint density at radius 3 is 2.54 bits per heavy atom. The van der Waals surface area contributed by atoms with Crippen molar-refractivity contribution in [1.29, 1.82) is 0 Å². The fourth-order valence-electron chi connectivity index (χ4n) is 1.56. The lowest BCUT2D eigenvalue weighted by atomic mass is 10.1. The highest BCUT2D eigenvalue weighted by Gasteiger charge is 2.10. The smallest absolute Gasteiger partial charge is 0.127 e. The van der Waals surface area contributed by atoms with Crippen LogP contribution in [0.1, 0.15) is 26.2 Å². The van der Waals surface area contributed by atoms with Gasteiger partial charge >= 0.3 is 0 Å². The van der Waals surface area contributed by atoms with Crippen molar-refractivity contribution in [2.75, 3.05) is 13.1 Å². The summed E-state index contributed by atoms with van der Waals surface area (Å²) in [5.41, 5.74) is 0. The molecule has 1 aliphatic rings. The van der Waals surface area contributed by atoms with Crippen molar-refractivity contribution in [2.45, 2.75) is 26.2 Å². The van der Waals surface area contributed by atoms with E-state index in [0.717, 1.165) is 18.9 Å². The molecule has 0 radical (unpaired) electrons. The second kappa shape index (κ2) is 5.57. The summed E-state index contributed by atoms with van der Waals surface area (Å²) < 4.78 is 0. The van der Waals surface area contributed by atoms with Gasteiger partial charge in [-0.05, 0) is 39.0 Å². The van der Waals surface area contributed by atoms with Crippen LogP contribution < -0.4 is 0 Å². The highest BCUT2D eigenvalue weighted by Crippen LogP contribution is 2.14. The number of piperidine rings is 1. The zero-order valence-electron chi connectivity index (χ0n) is 8.37. The predicted octanol–water partition coefficient (Wildman–Crippen LogP) is 2.59. The Balaban J connectivity index is 2.58. The van der Waals surface area contributed by atoms with E-state index in [0.29, 0.717) is 0 Å². The first kappa shape index (κ1) is 10.0. The first-order chi connectivity index (χ1) is 6.38. The average molecular weight is 178 g/mol. The van der Waals surface area contributed by atoms with Gasteiger partial charge in [0, 0.05) is 13.1 Å². The van der Waals surface area contributed by atoms with Crippen LogP contribution in [-0.2, 0) is 0 Å². The quantitative estimate of drug-likeness (QED) is 0.479. The van der Waals surface area contributed by atoms with Crippen LogP contribution in [0.5, 0.6) is 0 Å². The minimum absolute atomic E-state index is 1.01. The number of rotatable bonds is 3. The molecule has 0 aromatic heterocycles. The molecule has 0 amide bonds. The number of likely N-dealkylation sites (tertiary alicyclic amines) is 1. The average Bonchev–Trinajstić information content (AvgIpc) is 2.21. The first-order valence-corrected chi connectivity index (χ1v) is 4.93. The standard InChI is InChI=1S/C11H18N2/c1-3-4-8-11(12-2)13-9-6-5-7-10-13/h3-4,8H,2,5-7,9-10H2,1H3/b4-3-,11-8+. The van der Waals surface area contributed by atoms with Crippen LogP contribution >= 0.6 is 0 Å². The van der Waals surface area contributed by atoms with Crippen LogP contribution in [0.25, 0.3) is 0 Å². The highest BCUT2D eigenvalue weighted by molar-refractivity contribution is 5.29. The zero-order chi connectivity index (χ0) is 9.52. The fraction of sp³-hybridized carbons (Fsp3) is 0.545. The van der Waals surface area contributed by atoms with Gasteiger partial charge in [-0.3, -0.25) is 0 Å². The van der Waals surface area contributed by atoms with Crippen LogP contribution in [0.3, 0.4) is 0 Å². The van der Waals surface area contributed by atoms with E-state index in [4.69, 9.17) is 0 Å². The topological polar surface area (TPSA) is 15.6 Å². The van der Waals surface area contributed by atoms with E-state index >= 15 is 0 Å². The van der Waals surface area contributed by atoms with E-state index in [1.165, 1.54) is 19.3 Å². The van der Waals surface area contributed by atoms with E-state index in [1.807, 2.05) is 25.2 Å². The summed E-state index contributed by atoms with van der Waals surface area (Å²) in [5.74, 6) is 1.01. The molecule has 0 unspecified atom stereocenters. The molecule has 0 aromatic carbocycles. The molecule has 0 spiro atoms. The molecule has 1 saturated heterocycles. The Hall–Kier alpha value is -1.05. The van der Waals surface area contributed by atoms with Gasteiger partial charge in [0.25, 0.3) is 0 Å². The highest BCUT2D eigenvalue weighted by atomic mass is 15.2. The van der Waals surface area contributed by atoms with Crippen molar-refractivity contribution in [3.63, 3.8) is 0 Å². The maximum absolute atomic E-state index is 4.04. The summed E-state index contributed by atoms with van der Waals surface area (Å²) in [6, 6.07) is 0. The lowest BCUT2D eigenvalue weighted by Gasteiger charge is -2.28. The third-order valence-electron chi connectivity index (χ3n) is 2.28. The van der Waals surface area contributed by atoms with Gasteiger partial charge in [-0.15, -0.1) is 0 Å². The van der Waals surface area contributed by atoms with Crippen molar-refractivity contribution in [3.8, 4) is 0 Å². The molecule has 1 heterocycles.